The lowest BCUT2D eigenvalue weighted by Gasteiger charge is -2.25. The zero-order valence-electron chi connectivity index (χ0n) is 16.9. The topological polar surface area (TPSA) is 61.1 Å². The van der Waals surface area contributed by atoms with Gasteiger partial charge in [0.2, 0.25) is 0 Å². The molecule has 0 saturated carbocycles. The molecule has 0 spiro atoms. The van der Waals surface area contributed by atoms with Crippen LogP contribution in [0.1, 0.15) is 43.7 Å². The molecule has 1 aromatic carbocycles. The molecule has 27 heavy (non-hydrogen) atoms. The number of aliphatic imine (C=N–C) groups is 3. The number of benzene rings is 1. The van der Waals surface area contributed by atoms with E-state index in [0.717, 1.165) is 48.2 Å². The van der Waals surface area contributed by atoms with Crippen LogP contribution in [0.4, 0.5) is 0 Å². The maximum atomic E-state index is 4.90. The Kier molecular flexibility index (Phi) is 6.56. The number of nitrogens with one attached hydrogen (secondary N) is 2. The van der Waals surface area contributed by atoms with Gasteiger partial charge in [-0.2, -0.15) is 0 Å². The second kappa shape index (κ2) is 9.09. The van der Waals surface area contributed by atoms with Crippen LogP contribution in [0.3, 0.4) is 0 Å². The molecular weight excluding hydrogens is 334 g/mol. The normalized spacial score (nSPS) is 23.5. The standard InChI is InChI=1S/C22H31N5/c1-15(2)17-7-9-18(10-8-17)19-12-20(23-3)21(24-4)22(27-19)26-14-16-6-5-11-25-13-16/h7-10,12,15-16,25H,5-6,11,13-14H2,1-4H3,(H,26,27)/b23-20-,24-21+. The zero-order chi connectivity index (χ0) is 19.2. The lowest BCUT2D eigenvalue weighted by Crippen LogP contribution is -2.43. The smallest absolute Gasteiger partial charge is 0.154 e. The second-order valence-electron chi connectivity index (χ2n) is 7.54. The van der Waals surface area contributed by atoms with Crippen LogP contribution in [0.5, 0.6) is 0 Å². The van der Waals surface area contributed by atoms with E-state index in [1.165, 1.54) is 18.4 Å². The Hall–Kier alpha value is -2.27. The maximum Gasteiger partial charge on any atom is 0.154 e. The van der Waals surface area contributed by atoms with Gasteiger partial charge in [-0.1, -0.05) is 38.1 Å². The fraction of sp³-hybridized carbons (Fsp3) is 0.500. The third kappa shape index (κ3) is 4.72. The molecule has 5 nitrogen and oxygen atoms in total. The van der Waals surface area contributed by atoms with E-state index in [4.69, 9.17) is 4.99 Å². The molecule has 0 amide bonds. The SMILES string of the molecule is C/N=C1/C=C(c2ccc(C(C)C)cc2)N=C(NCC2CCCNC2)/C1=N/C. The van der Waals surface area contributed by atoms with Crippen molar-refractivity contribution in [2.75, 3.05) is 33.7 Å². The number of amidine groups is 1. The molecule has 1 saturated heterocycles. The number of hydrogen-bond acceptors (Lipinski definition) is 5. The first-order valence-electron chi connectivity index (χ1n) is 9.92. The quantitative estimate of drug-likeness (QED) is 0.860. The minimum absolute atomic E-state index is 0.524. The summed E-state index contributed by atoms with van der Waals surface area (Å²) in [6.45, 7) is 7.52. The summed E-state index contributed by atoms with van der Waals surface area (Å²) in [5, 5.41) is 7.01. The molecule has 3 rings (SSSR count). The van der Waals surface area contributed by atoms with Crippen LogP contribution < -0.4 is 10.6 Å². The highest BCUT2D eigenvalue weighted by Gasteiger charge is 2.22. The number of allylic oxidation sites excluding steroid dienone is 1. The number of rotatable bonds is 4. The van der Waals surface area contributed by atoms with Gasteiger partial charge in [0.25, 0.3) is 0 Å². The summed E-state index contributed by atoms with van der Waals surface area (Å²) in [4.78, 5) is 13.8. The van der Waals surface area contributed by atoms with E-state index in [9.17, 15) is 0 Å². The highest BCUT2D eigenvalue weighted by molar-refractivity contribution is 6.72. The predicted molar refractivity (Wildman–Crippen MR) is 116 cm³/mol. The third-order valence-electron chi connectivity index (χ3n) is 5.27. The van der Waals surface area contributed by atoms with Gasteiger partial charge in [-0.3, -0.25) is 9.98 Å². The van der Waals surface area contributed by atoms with Crippen molar-refractivity contribution in [2.45, 2.75) is 32.6 Å². The summed E-state index contributed by atoms with van der Waals surface area (Å²) >= 11 is 0. The van der Waals surface area contributed by atoms with E-state index in [0.29, 0.717) is 11.8 Å². The summed E-state index contributed by atoms with van der Waals surface area (Å²) in [5.41, 5.74) is 5.09. The molecule has 0 aliphatic carbocycles. The lowest BCUT2D eigenvalue weighted by molar-refractivity contribution is 0.376. The fourth-order valence-electron chi connectivity index (χ4n) is 3.56. The van der Waals surface area contributed by atoms with Crippen molar-refractivity contribution in [2.24, 2.45) is 20.9 Å². The molecule has 1 fully saturated rings. The summed E-state index contributed by atoms with van der Waals surface area (Å²) < 4.78 is 0. The second-order valence-corrected chi connectivity index (χ2v) is 7.54. The monoisotopic (exact) mass is 365 g/mol. The van der Waals surface area contributed by atoms with Gasteiger partial charge < -0.3 is 10.6 Å². The van der Waals surface area contributed by atoms with Gasteiger partial charge in [-0.25, -0.2) is 4.99 Å². The van der Waals surface area contributed by atoms with Crippen LogP contribution in [0.2, 0.25) is 0 Å². The highest BCUT2D eigenvalue weighted by atomic mass is 15.0. The highest BCUT2D eigenvalue weighted by Crippen LogP contribution is 2.23. The molecule has 0 aromatic heterocycles. The van der Waals surface area contributed by atoms with Crippen molar-refractivity contribution < 1.29 is 0 Å². The zero-order valence-corrected chi connectivity index (χ0v) is 16.9. The van der Waals surface area contributed by atoms with Crippen LogP contribution in [-0.4, -0.2) is 51.0 Å². The summed E-state index contributed by atoms with van der Waals surface area (Å²) in [6, 6.07) is 8.66. The Bertz CT molecular complexity index is 762. The van der Waals surface area contributed by atoms with Crippen LogP contribution in [0, 0.1) is 5.92 Å². The van der Waals surface area contributed by atoms with Crippen molar-refractivity contribution >= 4 is 23.0 Å². The van der Waals surface area contributed by atoms with Gasteiger partial charge in [0.05, 0.1) is 11.4 Å². The molecule has 5 heteroatoms. The molecule has 1 atom stereocenters. The molecule has 2 aliphatic rings. The minimum atomic E-state index is 0.524. The predicted octanol–water partition coefficient (Wildman–Crippen LogP) is 3.29. The molecule has 1 unspecified atom stereocenters. The van der Waals surface area contributed by atoms with Gasteiger partial charge >= 0.3 is 0 Å². The first kappa shape index (κ1) is 19.5. The summed E-state index contributed by atoms with van der Waals surface area (Å²) in [6.07, 6.45) is 4.52. The molecule has 0 bridgehead atoms. The van der Waals surface area contributed by atoms with Gasteiger partial charge in [-0.05, 0) is 49.4 Å². The average Bonchev–Trinajstić information content (AvgIpc) is 2.72. The van der Waals surface area contributed by atoms with Gasteiger partial charge in [0, 0.05) is 26.2 Å². The van der Waals surface area contributed by atoms with Crippen LogP contribution >= 0.6 is 0 Å². The van der Waals surface area contributed by atoms with Gasteiger partial charge in [0.15, 0.2) is 5.84 Å². The van der Waals surface area contributed by atoms with E-state index < -0.39 is 0 Å². The van der Waals surface area contributed by atoms with E-state index in [1.54, 1.807) is 7.05 Å². The van der Waals surface area contributed by atoms with Crippen molar-refractivity contribution in [3.63, 3.8) is 0 Å². The van der Waals surface area contributed by atoms with Crippen molar-refractivity contribution in [1.29, 1.82) is 0 Å². The summed E-state index contributed by atoms with van der Waals surface area (Å²) in [7, 11) is 3.61. The molecule has 1 aromatic rings. The van der Waals surface area contributed by atoms with Crippen molar-refractivity contribution in [3.05, 3.63) is 41.5 Å². The van der Waals surface area contributed by atoms with Crippen molar-refractivity contribution in [3.8, 4) is 0 Å². The van der Waals surface area contributed by atoms with Crippen molar-refractivity contribution in [1.82, 2.24) is 10.6 Å². The average molecular weight is 366 g/mol. The molecule has 0 radical (unpaired) electrons. The van der Waals surface area contributed by atoms with E-state index in [-0.39, 0.29) is 0 Å². The van der Waals surface area contributed by atoms with Crippen LogP contribution in [0.25, 0.3) is 5.70 Å². The maximum absolute atomic E-state index is 4.90. The molecule has 2 heterocycles. The van der Waals surface area contributed by atoms with E-state index in [1.807, 2.05) is 13.1 Å². The number of piperidine rings is 1. The largest absolute Gasteiger partial charge is 0.368 e. The Morgan fingerprint density at radius 1 is 1.19 bits per heavy atom. The summed E-state index contributed by atoms with van der Waals surface area (Å²) in [5.74, 6) is 1.98. The number of nitrogens with zero attached hydrogens (tertiary/aromatic N) is 3. The molecule has 2 aliphatic heterocycles. The molecule has 2 N–H and O–H groups in total. The lowest BCUT2D eigenvalue weighted by atomic mass is 9.98. The van der Waals surface area contributed by atoms with Gasteiger partial charge in [-0.15, -0.1) is 0 Å². The van der Waals surface area contributed by atoms with Crippen LogP contribution in [-0.2, 0) is 0 Å². The van der Waals surface area contributed by atoms with Crippen LogP contribution in [0.15, 0.2) is 45.3 Å². The Labute approximate surface area is 162 Å². The molecular formula is C22H31N5. The Balaban J connectivity index is 1.84. The minimum Gasteiger partial charge on any atom is -0.368 e. The third-order valence-corrected chi connectivity index (χ3v) is 5.27. The first-order chi connectivity index (χ1) is 13.1. The molecule has 144 valence electrons. The Morgan fingerprint density at radius 3 is 2.56 bits per heavy atom. The number of hydrogen-bond donors (Lipinski definition) is 2. The van der Waals surface area contributed by atoms with E-state index in [2.05, 4.69) is 58.7 Å². The first-order valence-corrected chi connectivity index (χ1v) is 9.92. The fourth-order valence-corrected chi connectivity index (χ4v) is 3.56. The van der Waals surface area contributed by atoms with Gasteiger partial charge in [0.1, 0.15) is 5.71 Å². The van der Waals surface area contributed by atoms with E-state index >= 15 is 0 Å². The Morgan fingerprint density at radius 2 is 1.96 bits per heavy atom.